The van der Waals surface area contributed by atoms with Crippen molar-refractivity contribution >= 4 is 11.9 Å². The number of carbonyl (C=O) groups is 2. The van der Waals surface area contributed by atoms with Crippen LogP contribution in [0.4, 0.5) is 0 Å². The zero-order valence-corrected chi connectivity index (χ0v) is 13.5. The van der Waals surface area contributed by atoms with Crippen LogP contribution in [0.2, 0.25) is 0 Å². The lowest BCUT2D eigenvalue weighted by molar-refractivity contribution is -0.139. The van der Waals surface area contributed by atoms with E-state index in [0.29, 0.717) is 12.3 Å². The molecule has 0 spiro atoms. The summed E-state index contributed by atoms with van der Waals surface area (Å²) in [5.74, 6) is -0.952. The topological polar surface area (TPSA) is 122 Å². The molecule has 9 nitrogen and oxygen atoms in total. The van der Waals surface area contributed by atoms with Gasteiger partial charge in [-0.25, -0.2) is 9.59 Å². The Morgan fingerprint density at radius 2 is 1.88 bits per heavy atom. The number of nitrogens with zero attached hydrogens (tertiary/aromatic N) is 2. The number of ether oxygens (including phenoxy) is 1. The lowest BCUT2D eigenvalue weighted by Gasteiger charge is -2.18. The molecule has 0 aliphatic rings. The molecule has 0 fully saturated rings. The molecular formula is C16H17N3O6. The summed E-state index contributed by atoms with van der Waals surface area (Å²) >= 11 is 0. The maximum Gasteiger partial charge on any atom is 0.341 e. The summed E-state index contributed by atoms with van der Waals surface area (Å²) in [6.45, 7) is -0.312. The number of H-pyrrole nitrogens is 1. The number of likely N-dealkylation sites (N-methyl/N-ethyl adjacent to an activating group) is 1. The Morgan fingerprint density at radius 3 is 2.48 bits per heavy atom. The highest BCUT2D eigenvalue weighted by Crippen LogP contribution is 2.13. The molecule has 1 amide bonds. The molecule has 0 atom stereocenters. The number of carbonyl (C=O) groups excluding carboxylic acids is 1. The number of hydrogen-bond donors (Lipinski definition) is 2. The summed E-state index contributed by atoms with van der Waals surface area (Å²) in [6.07, 6.45) is 1.27. The first-order valence-corrected chi connectivity index (χ1v) is 7.32. The highest BCUT2D eigenvalue weighted by atomic mass is 16.5. The van der Waals surface area contributed by atoms with Gasteiger partial charge in [-0.15, -0.1) is 0 Å². The number of amides is 1. The summed E-state index contributed by atoms with van der Waals surface area (Å²) in [7, 11) is 1.59. The van der Waals surface area contributed by atoms with Crippen LogP contribution in [0.3, 0.4) is 0 Å². The largest absolute Gasteiger partial charge is 0.482 e. The monoisotopic (exact) mass is 347 g/mol. The molecule has 2 N–H and O–H groups in total. The third-order valence-electron chi connectivity index (χ3n) is 3.33. The average Bonchev–Trinajstić information content (AvgIpc) is 2.56. The van der Waals surface area contributed by atoms with Gasteiger partial charge in [0.1, 0.15) is 12.3 Å². The predicted octanol–water partition coefficient (Wildman–Crippen LogP) is -0.341. The molecule has 0 aliphatic carbocycles. The number of aliphatic carboxylic acids is 1. The molecule has 1 aromatic carbocycles. The van der Waals surface area contributed by atoms with Gasteiger partial charge in [0.25, 0.3) is 5.56 Å². The fraction of sp³-hybridized carbons (Fsp3) is 0.250. The van der Waals surface area contributed by atoms with Crippen LogP contribution in [0, 0.1) is 0 Å². The molecule has 0 bridgehead atoms. The van der Waals surface area contributed by atoms with E-state index in [1.807, 2.05) is 0 Å². The van der Waals surface area contributed by atoms with Gasteiger partial charge in [0.05, 0.1) is 0 Å². The van der Waals surface area contributed by atoms with Gasteiger partial charge >= 0.3 is 11.7 Å². The van der Waals surface area contributed by atoms with Gasteiger partial charge in [-0.2, -0.15) is 0 Å². The zero-order chi connectivity index (χ0) is 18.4. The molecule has 0 unspecified atom stereocenters. The smallest absolute Gasteiger partial charge is 0.341 e. The van der Waals surface area contributed by atoms with Gasteiger partial charge < -0.3 is 14.7 Å². The lowest BCUT2D eigenvalue weighted by Crippen LogP contribution is -2.36. The summed E-state index contributed by atoms with van der Waals surface area (Å²) in [5, 5.41) is 8.55. The molecule has 1 aromatic heterocycles. The van der Waals surface area contributed by atoms with Crippen LogP contribution in [-0.2, 0) is 22.7 Å². The highest BCUT2D eigenvalue weighted by Gasteiger charge is 2.11. The van der Waals surface area contributed by atoms with Gasteiger partial charge in [0.15, 0.2) is 6.61 Å². The van der Waals surface area contributed by atoms with E-state index >= 15 is 0 Å². The number of benzene rings is 1. The van der Waals surface area contributed by atoms with E-state index < -0.39 is 23.8 Å². The van der Waals surface area contributed by atoms with Crippen molar-refractivity contribution in [3.63, 3.8) is 0 Å². The van der Waals surface area contributed by atoms with Crippen LogP contribution >= 0.6 is 0 Å². The lowest BCUT2D eigenvalue weighted by atomic mass is 10.2. The number of rotatable bonds is 7. The second kappa shape index (κ2) is 7.95. The molecule has 0 saturated heterocycles. The summed E-state index contributed by atoms with van der Waals surface area (Å²) in [5.41, 5.74) is -0.353. The third-order valence-corrected chi connectivity index (χ3v) is 3.33. The van der Waals surface area contributed by atoms with Gasteiger partial charge in [-0.05, 0) is 17.7 Å². The number of nitrogens with one attached hydrogen (secondary N) is 1. The maximum absolute atomic E-state index is 12.2. The Hall–Kier alpha value is -3.36. The van der Waals surface area contributed by atoms with Gasteiger partial charge in [0.2, 0.25) is 5.91 Å². The van der Waals surface area contributed by atoms with Crippen LogP contribution < -0.4 is 16.0 Å². The predicted molar refractivity (Wildman–Crippen MR) is 87.4 cm³/mol. The van der Waals surface area contributed by atoms with E-state index in [1.165, 1.54) is 17.2 Å². The first kappa shape index (κ1) is 18.0. The number of carboxylic acids is 1. The van der Waals surface area contributed by atoms with Crippen molar-refractivity contribution in [1.29, 1.82) is 0 Å². The van der Waals surface area contributed by atoms with Crippen LogP contribution in [-0.4, -0.2) is 45.1 Å². The van der Waals surface area contributed by atoms with E-state index in [9.17, 15) is 19.2 Å². The molecule has 2 rings (SSSR count). The van der Waals surface area contributed by atoms with Crippen molar-refractivity contribution in [2.24, 2.45) is 0 Å². The van der Waals surface area contributed by atoms with Crippen molar-refractivity contribution in [1.82, 2.24) is 14.5 Å². The molecule has 132 valence electrons. The third kappa shape index (κ3) is 5.34. The van der Waals surface area contributed by atoms with Crippen LogP contribution in [0.25, 0.3) is 0 Å². The molecule has 0 aliphatic heterocycles. The minimum absolute atomic E-state index is 0.189. The first-order chi connectivity index (χ1) is 11.8. The average molecular weight is 347 g/mol. The van der Waals surface area contributed by atoms with Gasteiger partial charge in [-0.3, -0.25) is 19.1 Å². The number of hydrogen-bond acceptors (Lipinski definition) is 5. The fourth-order valence-corrected chi connectivity index (χ4v) is 2.03. The fourth-order valence-electron chi connectivity index (χ4n) is 2.03. The van der Waals surface area contributed by atoms with Crippen molar-refractivity contribution < 1.29 is 19.4 Å². The molecule has 0 saturated carbocycles. The van der Waals surface area contributed by atoms with Crippen LogP contribution in [0.1, 0.15) is 5.56 Å². The Balaban J connectivity index is 1.95. The van der Waals surface area contributed by atoms with E-state index in [0.717, 1.165) is 10.1 Å². The van der Waals surface area contributed by atoms with Crippen molar-refractivity contribution in [3.05, 3.63) is 62.9 Å². The molecule has 1 heterocycles. The second-order valence-corrected chi connectivity index (χ2v) is 5.31. The number of carboxylic acid groups (broad SMARTS) is 1. The zero-order valence-electron chi connectivity index (χ0n) is 13.5. The summed E-state index contributed by atoms with van der Waals surface area (Å²) < 4.78 is 6.14. The summed E-state index contributed by atoms with van der Waals surface area (Å²) in [6, 6.07) is 7.83. The summed E-state index contributed by atoms with van der Waals surface area (Å²) in [4.78, 5) is 48.7. The Morgan fingerprint density at radius 1 is 1.20 bits per heavy atom. The van der Waals surface area contributed by atoms with Crippen molar-refractivity contribution in [2.45, 2.75) is 13.1 Å². The van der Waals surface area contributed by atoms with Gasteiger partial charge in [-0.1, -0.05) is 12.1 Å². The Bertz CT molecular complexity index is 868. The molecule has 0 radical (unpaired) electrons. The van der Waals surface area contributed by atoms with Crippen LogP contribution in [0.5, 0.6) is 5.75 Å². The Labute approximate surface area is 142 Å². The quantitative estimate of drug-likeness (QED) is 0.706. The van der Waals surface area contributed by atoms with E-state index in [4.69, 9.17) is 9.84 Å². The number of aromatic nitrogens is 2. The van der Waals surface area contributed by atoms with Crippen LogP contribution in [0.15, 0.2) is 46.1 Å². The normalized spacial score (nSPS) is 10.3. The van der Waals surface area contributed by atoms with E-state index in [1.54, 1.807) is 31.3 Å². The highest BCUT2D eigenvalue weighted by molar-refractivity contribution is 5.75. The maximum atomic E-state index is 12.2. The standard InChI is InChI=1S/C16H17N3O6/c1-18(14(21)9-19-7-6-13(20)17-16(19)24)8-11-2-4-12(5-3-11)25-10-15(22)23/h2-7H,8-10H2,1H3,(H,22,23)(H,17,20,24). The van der Waals surface area contributed by atoms with Crippen molar-refractivity contribution in [2.75, 3.05) is 13.7 Å². The van der Waals surface area contributed by atoms with Gasteiger partial charge in [0, 0.05) is 25.9 Å². The molecule has 9 heteroatoms. The minimum atomic E-state index is -1.06. The van der Waals surface area contributed by atoms with E-state index in [-0.39, 0.29) is 12.5 Å². The second-order valence-electron chi connectivity index (χ2n) is 5.31. The first-order valence-electron chi connectivity index (χ1n) is 7.32. The number of aromatic amines is 1. The molecule has 25 heavy (non-hydrogen) atoms. The molecule has 2 aromatic rings. The molecular weight excluding hydrogens is 330 g/mol. The minimum Gasteiger partial charge on any atom is -0.482 e. The Kier molecular flexibility index (Phi) is 5.72. The SMILES string of the molecule is CN(Cc1ccc(OCC(=O)O)cc1)C(=O)Cn1ccc(=O)[nH]c1=O. The van der Waals surface area contributed by atoms with Crippen molar-refractivity contribution in [3.8, 4) is 5.75 Å². The van der Waals surface area contributed by atoms with E-state index in [2.05, 4.69) is 4.98 Å².